The quantitative estimate of drug-likeness (QED) is 0.584. The number of nitrogens with zero attached hydrogens (tertiary/aromatic N) is 2. The van der Waals surface area contributed by atoms with Crippen LogP contribution in [0.3, 0.4) is 0 Å². The van der Waals surface area contributed by atoms with E-state index >= 15 is 0 Å². The first-order valence-electron chi connectivity index (χ1n) is 4.23. The predicted molar refractivity (Wildman–Crippen MR) is 50.2 cm³/mol. The average molecular weight is 227 g/mol. The average Bonchev–Trinajstić information content (AvgIpc) is 2.21. The van der Waals surface area contributed by atoms with Gasteiger partial charge in [-0.25, -0.2) is 20.1 Å². The van der Waals surface area contributed by atoms with E-state index in [-0.39, 0.29) is 6.54 Å². The van der Waals surface area contributed by atoms with Crippen LogP contribution in [0.15, 0.2) is 23.3 Å². The Kier molecular flexibility index (Phi) is 4.16. The molecule has 0 saturated carbocycles. The van der Waals surface area contributed by atoms with Gasteiger partial charge in [0.1, 0.15) is 6.54 Å². The van der Waals surface area contributed by atoms with Crippen molar-refractivity contribution in [2.75, 3.05) is 6.61 Å². The Bertz CT molecular complexity index is 441. The maximum Gasteiger partial charge on any atom is 0.347 e. The van der Waals surface area contributed by atoms with Gasteiger partial charge in [0.2, 0.25) is 0 Å². The molecule has 0 aliphatic carbocycles. The smallest absolute Gasteiger partial charge is 0.347 e. The Labute approximate surface area is 89.4 Å². The Morgan fingerprint density at radius 3 is 2.94 bits per heavy atom. The number of carbonyl (C=O) groups is 2. The third-order valence-electron chi connectivity index (χ3n) is 1.48. The van der Waals surface area contributed by atoms with Gasteiger partial charge in [0.25, 0.3) is 5.91 Å². The normalized spacial score (nSPS) is 9.75. The van der Waals surface area contributed by atoms with Gasteiger partial charge in [-0.1, -0.05) is 0 Å². The number of carboxylic acid groups (broad SMARTS) is 1. The van der Waals surface area contributed by atoms with Gasteiger partial charge in [-0.3, -0.25) is 14.2 Å². The van der Waals surface area contributed by atoms with Gasteiger partial charge >= 0.3 is 11.7 Å². The highest BCUT2D eigenvalue weighted by molar-refractivity contribution is 5.75. The van der Waals surface area contributed by atoms with Crippen LogP contribution in [0.1, 0.15) is 0 Å². The van der Waals surface area contributed by atoms with E-state index in [1.54, 1.807) is 0 Å². The van der Waals surface area contributed by atoms with Gasteiger partial charge < -0.3 is 5.11 Å². The molecule has 1 aromatic heterocycles. The van der Waals surface area contributed by atoms with Crippen LogP contribution in [0.4, 0.5) is 0 Å². The lowest BCUT2D eigenvalue weighted by molar-refractivity contribution is -0.149. The van der Waals surface area contributed by atoms with Crippen LogP contribution >= 0.6 is 0 Å². The molecule has 0 atom stereocenters. The summed E-state index contributed by atoms with van der Waals surface area (Å²) in [6, 6.07) is 1.49. The van der Waals surface area contributed by atoms with Crippen LogP contribution in [0.25, 0.3) is 0 Å². The molecule has 0 fully saturated rings. The maximum absolute atomic E-state index is 11.1. The van der Waals surface area contributed by atoms with Gasteiger partial charge in [0.05, 0.1) is 0 Å². The summed E-state index contributed by atoms with van der Waals surface area (Å²) in [7, 11) is 0. The van der Waals surface area contributed by atoms with Gasteiger partial charge in [-0.15, -0.1) is 0 Å². The van der Waals surface area contributed by atoms with E-state index < -0.39 is 24.2 Å². The largest absolute Gasteiger partial charge is 0.479 e. The second-order valence-corrected chi connectivity index (χ2v) is 2.74. The summed E-state index contributed by atoms with van der Waals surface area (Å²) in [5.41, 5.74) is 1.31. The van der Waals surface area contributed by atoms with Crippen molar-refractivity contribution >= 4 is 11.9 Å². The Morgan fingerprint density at radius 2 is 2.31 bits per heavy atom. The number of carboxylic acids is 1. The summed E-state index contributed by atoms with van der Waals surface area (Å²) in [6.45, 7) is -0.931. The van der Waals surface area contributed by atoms with E-state index in [2.05, 4.69) is 9.82 Å². The number of hydroxylamine groups is 1. The first-order chi connectivity index (χ1) is 7.59. The van der Waals surface area contributed by atoms with E-state index in [1.807, 2.05) is 5.48 Å². The highest BCUT2D eigenvalue weighted by atomic mass is 16.7. The minimum Gasteiger partial charge on any atom is -0.479 e. The van der Waals surface area contributed by atoms with E-state index in [0.29, 0.717) is 0 Å². The van der Waals surface area contributed by atoms with Gasteiger partial charge in [-0.2, -0.15) is 0 Å². The van der Waals surface area contributed by atoms with Crippen molar-refractivity contribution in [2.24, 2.45) is 0 Å². The number of aromatic nitrogens is 2. The molecule has 1 heterocycles. The fraction of sp³-hybridized carbons (Fsp3) is 0.250. The topological polar surface area (TPSA) is 111 Å². The number of carbonyl (C=O) groups excluding carboxylic acids is 1. The number of rotatable bonds is 5. The molecule has 2 N–H and O–H groups in total. The van der Waals surface area contributed by atoms with Gasteiger partial charge in [0, 0.05) is 12.4 Å². The summed E-state index contributed by atoms with van der Waals surface area (Å²) in [5, 5.41) is 8.22. The van der Waals surface area contributed by atoms with E-state index in [4.69, 9.17) is 5.11 Å². The number of aliphatic carboxylic acids is 1. The lowest BCUT2D eigenvalue weighted by Gasteiger charge is -2.04. The third kappa shape index (κ3) is 3.88. The summed E-state index contributed by atoms with van der Waals surface area (Å²) in [5.74, 6) is -1.85. The van der Waals surface area contributed by atoms with Gasteiger partial charge in [-0.05, 0) is 6.07 Å². The van der Waals surface area contributed by atoms with Crippen LogP contribution in [0.2, 0.25) is 0 Å². The molecule has 0 bridgehead atoms. The van der Waals surface area contributed by atoms with Crippen molar-refractivity contribution in [3.05, 3.63) is 28.9 Å². The number of nitrogens with one attached hydrogen (secondary N) is 1. The van der Waals surface area contributed by atoms with E-state index in [9.17, 15) is 14.4 Å². The highest BCUT2D eigenvalue weighted by Gasteiger charge is 2.05. The van der Waals surface area contributed by atoms with E-state index in [0.717, 1.165) is 4.57 Å². The first kappa shape index (κ1) is 11.9. The number of hydrogen-bond acceptors (Lipinski definition) is 5. The second kappa shape index (κ2) is 5.61. The summed E-state index contributed by atoms with van der Waals surface area (Å²) >= 11 is 0. The number of amides is 1. The molecule has 1 rings (SSSR count). The minimum absolute atomic E-state index is 0.285. The fourth-order valence-electron chi connectivity index (χ4n) is 0.873. The lowest BCUT2D eigenvalue weighted by Crippen LogP contribution is -2.33. The van der Waals surface area contributed by atoms with Crippen LogP contribution in [-0.4, -0.2) is 33.1 Å². The van der Waals surface area contributed by atoms with Crippen LogP contribution in [-0.2, 0) is 21.0 Å². The van der Waals surface area contributed by atoms with Crippen LogP contribution < -0.4 is 11.2 Å². The molecule has 0 saturated heterocycles. The zero-order valence-electron chi connectivity index (χ0n) is 8.12. The van der Waals surface area contributed by atoms with Crippen molar-refractivity contribution in [3.63, 3.8) is 0 Å². The molecule has 0 unspecified atom stereocenters. The Balaban J connectivity index is 2.43. The summed E-state index contributed by atoms with van der Waals surface area (Å²) in [4.78, 5) is 40.0. The summed E-state index contributed by atoms with van der Waals surface area (Å²) in [6.07, 6.45) is 2.68. The Hall–Kier alpha value is -2.22. The predicted octanol–water partition coefficient (Wildman–Crippen LogP) is -1.62. The molecule has 1 aromatic rings. The van der Waals surface area contributed by atoms with Crippen molar-refractivity contribution in [1.82, 2.24) is 15.0 Å². The Morgan fingerprint density at radius 1 is 1.56 bits per heavy atom. The van der Waals surface area contributed by atoms with Crippen molar-refractivity contribution in [3.8, 4) is 0 Å². The number of hydrogen-bond donors (Lipinski definition) is 2. The fourth-order valence-corrected chi connectivity index (χ4v) is 0.873. The molecule has 0 aliphatic rings. The van der Waals surface area contributed by atoms with E-state index in [1.165, 1.54) is 18.5 Å². The van der Waals surface area contributed by atoms with Crippen molar-refractivity contribution < 1.29 is 19.5 Å². The highest BCUT2D eigenvalue weighted by Crippen LogP contribution is 1.80. The molecule has 0 aliphatic heterocycles. The second-order valence-electron chi connectivity index (χ2n) is 2.74. The van der Waals surface area contributed by atoms with Crippen LogP contribution in [0.5, 0.6) is 0 Å². The summed E-state index contributed by atoms with van der Waals surface area (Å²) < 4.78 is 1.06. The third-order valence-corrected chi connectivity index (χ3v) is 1.48. The molecule has 0 spiro atoms. The van der Waals surface area contributed by atoms with Crippen LogP contribution in [0, 0.1) is 0 Å². The molecular formula is C8H9N3O5. The van der Waals surface area contributed by atoms with Crippen molar-refractivity contribution in [2.45, 2.75) is 6.54 Å². The molecule has 0 radical (unpaired) electrons. The molecular weight excluding hydrogens is 218 g/mol. The first-order valence-corrected chi connectivity index (χ1v) is 4.23. The molecule has 8 nitrogen and oxygen atoms in total. The molecule has 1 amide bonds. The molecule has 0 aromatic carbocycles. The maximum atomic E-state index is 11.1. The standard InChI is InChI=1S/C8H9N3O5/c12-6(10-16-5-7(13)14)4-11-3-1-2-9-8(11)15/h1-3H,4-5H2,(H,10,12)(H,13,14). The molecule has 16 heavy (non-hydrogen) atoms. The van der Waals surface area contributed by atoms with Crippen molar-refractivity contribution in [1.29, 1.82) is 0 Å². The SMILES string of the molecule is O=C(O)CONC(=O)Cn1cccnc1=O. The minimum atomic E-state index is -1.21. The van der Waals surface area contributed by atoms with Gasteiger partial charge in [0.15, 0.2) is 6.61 Å². The molecule has 8 heteroatoms. The monoisotopic (exact) mass is 227 g/mol. The zero-order valence-corrected chi connectivity index (χ0v) is 8.12. The zero-order chi connectivity index (χ0) is 12.0. The molecule has 86 valence electrons. The lowest BCUT2D eigenvalue weighted by atomic mass is 10.5.